The lowest BCUT2D eigenvalue weighted by molar-refractivity contribution is -0.209. The molecule has 5 atom stereocenters. The standard InChI is InChI=1S/C13H17NO6/c1-6-9(15)10(16)11(17)12(20-6)14-8-5-3-2-4-7(8)13(18)19/h2-6,9-12,14-17H,1H3,(H,18,19). The molecule has 1 aromatic rings. The fourth-order valence-corrected chi connectivity index (χ4v) is 2.12. The maximum atomic E-state index is 11.1. The van der Waals surface area contributed by atoms with Gasteiger partial charge in [-0.2, -0.15) is 0 Å². The van der Waals surface area contributed by atoms with Gasteiger partial charge in [-0.15, -0.1) is 0 Å². The van der Waals surface area contributed by atoms with Crippen LogP contribution in [0.1, 0.15) is 17.3 Å². The lowest BCUT2D eigenvalue weighted by Crippen LogP contribution is -2.58. The Kier molecular flexibility index (Phi) is 4.24. The summed E-state index contributed by atoms with van der Waals surface area (Å²) in [5.74, 6) is -1.12. The molecule has 0 bridgehead atoms. The number of hydrogen-bond donors (Lipinski definition) is 5. The second kappa shape index (κ2) is 5.76. The van der Waals surface area contributed by atoms with Crippen LogP contribution in [0.2, 0.25) is 0 Å². The number of anilines is 1. The number of aliphatic hydroxyl groups is 3. The number of rotatable bonds is 3. The summed E-state index contributed by atoms with van der Waals surface area (Å²) in [4.78, 5) is 11.1. The Labute approximate surface area is 115 Å². The first-order valence-corrected chi connectivity index (χ1v) is 6.20. The van der Waals surface area contributed by atoms with Crippen LogP contribution < -0.4 is 5.32 Å². The molecule has 7 heteroatoms. The van der Waals surface area contributed by atoms with Gasteiger partial charge < -0.3 is 30.5 Å². The van der Waals surface area contributed by atoms with Gasteiger partial charge in [0.2, 0.25) is 0 Å². The van der Waals surface area contributed by atoms with Crippen LogP contribution in [0.25, 0.3) is 0 Å². The van der Waals surface area contributed by atoms with E-state index < -0.39 is 36.6 Å². The molecular weight excluding hydrogens is 266 g/mol. The number of hydrogen-bond acceptors (Lipinski definition) is 6. The summed E-state index contributed by atoms with van der Waals surface area (Å²) in [5.41, 5.74) is 0.288. The fraction of sp³-hybridized carbons (Fsp3) is 0.462. The summed E-state index contributed by atoms with van der Waals surface area (Å²) in [6.07, 6.45) is -5.64. The molecular formula is C13H17NO6. The minimum Gasteiger partial charge on any atom is -0.478 e. The van der Waals surface area contributed by atoms with Crippen LogP contribution in [-0.2, 0) is 4.74 Å². The fourth-order valence-electron chi connectivity index (χ4n) is 2.12. The molecule has 1 fully saturated rings. The molecule has 5 unspecified atom stereocenters. The minimum atomic E-state index is -1.37. The molecule has 0 radical (unpaired) electrons. The number of benzene rings is 1. The largest absolute Gasteiger partial charge is 0.478 e. The maximum absolute atomic E-state index is 11.1. The number of carboxylic acid groups (broad SMARTS) is 1. The summed E-state index contributed by atoms with van der Waals surface area (Å²) in [7, 11) is 0. The first-order chi connectivity index (χ1) is 9.41. The van der Waals surface area contributed by atoms with E-state index in [0.29, 0.717) is 0 Å². The van der Waals surface area contributed by atoms with E-state index in [2.05, 4.69) is 5.32 Å². The van der Waals surface area contributed by atoms with Gasteiger partial charge in [-0.05, 0) is 19.1 Å². The number of aromatic carboxylic acids is 1. The first-order valence-electron chi connectivity index (χ1n) is 6.20. The van der Waals surface area contributed by atoms with Crippen molar-refractivity contribution in [3.8, 4) is 0 Å². The maximum Gasteiger partial charge on any atom is 0.337 e. The quantitative estimate of drug-likeness (QED) is 0.513. The van der Waals surface area contributed by atoms with E-state index in [4.69, 9.17) is 9.84 Å². The zero-order valence-corrected chi connectivity index (χ0v) is 10.8. The van der Waals surface area contributed by atoms with E-state index in [1.54, 1.807) is 19.1 Å². The molecule has 1 aromatic carbocycles. The van der Waals surface area contributed by atoms with Crippen molar-refractivity contribution in [3.63, 3.8) is 0 Å². The Balaban J connectivity index is 2.20. The number of aliphatic hydroxyl groups excluding tert-OH is 3. The van der Waals surface area contributed by atoms with Crippen LogP contribution in [0.15, 0.2) is 24.3 Å². The summed E-state index contributed by atoms with van der Waals surface area (Å²) in [6, 6.07) is 6.16. The lowest BCUT2D eigenvalue weighted by atomic mass is 9.99. The van der Waals surface area contributed by atoms with Crippen molar-refractivity contribution in [1.82, 2.24) is 0 Å². The zero-order valence-electron chi connectivity index (χ0n) is 10.8. The van der Waals surface area contributed by atoms with Gasteiger partial charge in [-0.1, -0.05) is 12.1 Å². The Hall–Kier alpha value is -1.67. The zero-order chi connectivity index (χ0) is 14.9. The molecule has 0 aromatic heterocycles. The van der Waals surface area contributed by atoms with Crippen LogP contribution in [0.5, 0.6) is 0 Å². The van der Waals surface area contributed by atoms with Gasteiger partial charge in [-0.25, -0.2) is 4.79 Å². The molecule has 0 amide bonds. The summed E-state index contributed by atoms with van der Waals surface area (Å²) in [5, 5.41) is 41.0. The van der Waals surface area contributed by atoms with E-state index in [0.717, 1.165) is 0 Å². The predicted octanol–water partition coefficient (Wildman–Crippen LogP) is -0.376. The minimum absolute atomic E-state index is 0.0246. The Morgan fingerprint density at radius 1 is 1.15 bits per heavy atom. The molecule has 5 N–H and O–H groups in total. The topological polar surface area (TPSA) is 119 Å². The Morgan fingerprint density at radius 2 is 1.80 bits per heavy atom. The van der Waals surface area contributed by atoms with Crippen molar-refractivity contribution in [1.29, 1.82) is 0 Å². The van der Waals surface area contributed by atoms with E-state index in [1.807, 2.05) is 0 Å². The van der Waals surface area contributed by atoms with Gasteiger partial charge in [0, 0.05) is 0 Å². The SMILES string of the molecule is CC1OC(Nc2ccccc2C(=O)O)C(O)C(O)C1O. The van der Waals surface area contributed by atoms with Crippen LogP contribution >= 0.6 is 0 Å². The number of carbonyl (C=O) groups is 1. The molecule has 1 aliphatic rings. The molecule has 0 spiro atoms. The molecule has 110 valence electrons. The van der Waals surface area contributed by atoms with Crippen LogP contribution in [0.4, 0.5) is 5.69 Å². The summed E-state index contributed by atoms with van der Waals surface area (Å²) < 4.78 is 5.36. The van der Waals surface area contributed by atoms with E-state index in [1.165, 1.54) is 12.1 Å². The highest BCUT2D eigenvalue weighted by Gasteiger charge is 2.41. The highest BCUT2D eigenvalue weighted by Crippen LogP contribution is 2.24. The Morgan fingerprint density at radius 3 is 2.45 bits per heavy atom. The first kappa shape index (κ1) is 14.7. The van der Waals surface area contributed by atoms with Crippen molar-refractivity contribution in [2.24, 2.45) is 0 Å². The molecule has 1 saturated heterocycles. The lowest BCUT2D eigenvalue weighted by Gasteiger charge is -2.40. The number of nitrogens with one attached hydrogen (secondary N) is 1. The third-order valence-electron chi connectivity index (χ3n) is 3.31. The number of para-hydroxylation sites is 1. The molecule has 0 aliphatic carbocycles. The van der Waals surface area contributed by atoms with Gasteiger partial charge in [-0.3, -0.25) is 0 Å². The third-order valence-corrected chi connectivity index (χ3v) is 3.31. The molecule has 0 saturated carbocycles. The highest BCUT2D eigenvalue weighted by atomic mass is 16.5. The summed E-state index contributed by atoms with van der Waals surface area (Å²) >= 11 is 0. The van der Waals surface area contributed by atoms with Crippen molar-refractivity contribution in [3.05, 3.63) is 29.8 Å². The second-order valence-electron chi connectivity index (χ2n) is 4.73. The molecule has 7 nitrogen and oxygen atoms in total. The van der Waals surface area contributed by atoms with Gasteiger partial charge >= 0.3 is 5.97 Å². The molecule has 20 heavy (non-hydrogen) atoms. The van der Waals surface area contributed by atoms with Gasteiger partial charge in [0.15, 0.2) is 6.23 Å². The van der Waals surface area contributed by atoms with Crippen molar-refractivity contribution < 1.29 is 30.0 Å². The van der Waals surface area contributed by atoms with Crippen molar-refractivity contribution >= 4 is 11.7 Å². The van der Waals surface area contributed by atoms with Crippen molar-refractivity contribution in [2.45, 2.75) is 37.6 Å². The second-order valence-corrected chi connectivity index (χ2v) is 4.73. The van der Waals surface area contributed by atoms with Crippen LogP contribution in [0, 0.1) is 0 Å². The van der Waals surface area contributed by atoms with Crippen LogP contribution in [0.3, 0.4) is 0 Å². The molecule has 2 rings (SSSR count). The normalized spacial score (nSPS) is 33.7. The van der Waals surface area contributed by atoms with E-state index >= 15 is 0 Å². The number of ether oxygens (including phenoxy) is 1. The molecule has 1 heterocycles. The third kappa shape index (κ3) is 2.75. The average Bonchev–Trinajstić information content (AvgIpc) is 2.43. The summed E-state index contributed by atoms with van der Waals surface area (Å²) in [6.45, 7) is 1.55. The van der Waals surface area contributed by atoms with Gasteiger partial charge in [0.05, 0.1) is 17.4 Å². The average molecular weight is 283 g/mol. The smallest absolute Gasteiger partial charge is 0.337 e. The van der Waals surface area contributed by atoms with Gasteiger partial charge in [0.25, 0.3) is 0 Å². The Bertz CT molecular complexity index is 494. The predicted molar refractivity (Wildman–Crippen MR) is 69.4 cm³/mol. The number of carboxylic acids is 1. The highest BCUT2D eigenvalue weighted by molar-refractivity contribution is 5.94. The van der Waals surface area contributed by atoms with Crippen LogP contribution in [-0.4, -0.2) is 57.0 Å². The van der Waals surface area contributed by atoms with E-state index in [-0.39, 0.29) is 11.3 Å². The monoisotopic (exact) mass is 283 g/mol. The van der Waals surface area contributed by atoms with E-state index in [9.17, 15) is 20.1 Å². The molecule has 1 aliphatic heterocycles. The van der Waals surface area contributed by atoms with Crippen molar-refractivity contribution in [2.75, 3.05) is 5.32 Å². The van der Waals surface area contributed by atoms with Gasteiger partial charge in [0.1, 0.15) is 18.3 Å².